The molecule has 0 saturated heterocycles. The highest BCUT2D eigenvalue weighted by molar-refractivity contribution is 6.35. The first kappa shape index (κ1) is 30.4. The maximum atomic E-state index is 13.9. The molecular weight excluding hydrogens is 623 g/mol. The van der Waals surface area contributed by atoms with Crippen LogP contribution in [0.4, 0.5) is 26.3 Å². The van der Waals surface area contributed by atoms with Gasteiger partial charge in [0.15, 0.2) is 0 Å². The first-order valence-corrected chi connectivity index (χ1v) is 13.3. The van der Waals surface area contributed by atoms with Gasteiger partial charge >= 0.3 is 18.3 Å². The average Bonchev–Trinajstić information content (AvgIpc) is 3.45. The number of hydrogen-bond acceptors (Lipinski definition) is 4. The molecule has 1 N–H and O–H groups in total. The number of esters is 1. The summed E-state index contributed by atoms with van der Waals surface area (Å²) in [6.45, 7) is -0.690. The van der Waals surface area contributed by atoms with Crippen molar-refractivity contribution < 1.29 is 40.7 Å². The van der Waals surface area contributed by atoms with Crippen molar-refractivity contribution in [2.45, 2.75) is 24.3 Å². The molecule has 0 radical (unpaired) electrons. The van der Waals surface area contributed by atoms with Crippen LogP contribution in [0.1, 0.15) is 60.8 Å². The average molecular weight is 642 g/mol. The second-order valence-corrected chi connectivity index (χ2v) is 10.3. The van der Waals surface area contributed by atoms with E-state index in [1.807, 2.05) is 0 Å². The molecule has 1 amide bonds. The van der Waals surface area contributed by atoms with Crippen LogP contribution >= 0.6 is 23.2 Å². The van der Waals surface area contributed by atoms with Crippen molar-refractivity contribution in [3.63, 3.8) is 0 Å². The van der Waals surface area contributed by atoms with Crippen molar-refractivity contribution in [2.24, 2.45) is 0 Å². The molecule has 2 heterocycles. The van der Waals surface area contributed by atoms with Crippen molar-refractivity contribution in [1.82, 2.24) is 14.9 Å². The highest BCUT2D eigenvalue weighted by Gasteiger charge is 2.42. The Morgan fingerprint density at radius 2 is 1.44 bits per heavy atom. The third kappa shape index (κ3) is 5.94. The number of nitrogens with zero attached hydrogens (tertiary/aromatic N) is 2. The Labute approximate surface area is 250 Å². The zero-order valence-electron chi connectivity index (χ0n) is 21.6. The van der Waals surface area contributed by atoms with Crippen LogP contribution in [0.2, 0.25) is 10.0 Å². The van der Waals surface area contributed by atoms with Crippen molar-refractivity contribution in [3.05, 3.63) is 122 Å². The zero-order chi connectivity index (χ0) is 31.1. The molecule has 0 aliphatic carbocycles. The van der Waals surface area contributed by atoms with Crippen LogP contribution in [0.25, 0.3) is 0 Å². The summed E-state index contributed by atoms with van der Waals surface area (Å²) in [6.07, 6.45) is -8.32. The number of hydrogen-bond donors (Lipinski definition) is 1. The second kappa shape index (κ2) is 11.6. The summed E-state index contributed by atoms with van der Waals surface area (Å²) in [5.41, 5.74) is -1.89. The molecule has 4 aromatic rings. The predicted molar refractivity (Wildman–Crippen MR) is 144 cm³/mol. The standard InChI is InChI=1S/C29H19Cl2F6N3O3/c30-22-16(8-4-10-19(22)28(32,33)34)26(41)40-12-18(15-6-2-1-3-7-15)24-25(39-14-38-24)21(40)13-43-27(42)17-9-5-11-20(23(17)31)29(35,36)37/h1-11,14,18,21H,12-13H2,(H,38,39). The molecular formula is C29H19Cl2F6N3O3. The van der Waals surface area contributed by atoms with Crippen LogP contribution in [-0.4, -0.2) is 39.9 Å². The van der Waals surface area contributed by atoms with E-state index in [2.05, 4.69) is 9.97 Å². The maximum absolute atomic E-state index is 13.9. The number of fused-ring (bicyclic) bond motifs is 1. The van der Waals surface area contributed by atoms with E-state index in [1.54, 1.807) is 30.3 Å². The fraction of sp³-hybridized carbons (Fsp3) is 0.207. The Hall–Kier alpha value is -4.03. The third-order valence-corrected chi connectivity index (χ3v) is 7.83. The number of carbonyl (C=O) groups is 2. The van der Waals surface area contributed by atoms with Crippen LogP contribution in [0, 0.1) is 0 Å². The van der Waals surface area contributed by atoms with Crippen LogP contribution in [0.5, 0.6) is 0 Å². The predicted octanol–water partition coefficient (Wildman–Crippen LogP) is 7.94. The first-order valence-electron chi connectivity index (χ1n) is 12.6. The minimum atomic E-state index is -4.84. The van der Waals surface area contributed by atoms with Crippen LogP contribution < -0.4 is 0 Å². The van der Waals surface area contributed by atoms with E-state index in [0.717, 1.165) is 35.9 Å². The second-order valence-electron chi connectivity index (χ2n) is 9.57. The number of carbonyl (C=O) groups excluding carboxylic acids is 2. The maximum Gasteiger partial charge on any atom is 0.417 e. The molecule has 1 aromatic heterocycles. The lowest BCUT2D eigenvalue weighted by Crippen LogP contribution is -2.44. The number of imidazole rings is 1. The number of halogens is 8. The zero-order valence-corrected chi connectivity index (χ0v) is 23.2. The normalized spacial score (nSPS) is 17.0. The Morgan fingerprint density at radius 3 is 2.05 bits per heavy atom. The van der Waals surface area contributed by atoms with Gasteiger partial charge < -0.3 is 14.6 Å². The minimum Gasteiger partial charge on any atom is -0.459 e. The van der Waals surface area contributed by atoms with Gasteiger partial charge in [-0.25, -0.2) is 9.78 Å². The molecule has 224 valence electrons. The van der Waals surface area contributed by atoms with Gasteiger partial charge in [0.25, 0.3) is 5.91 Å². The van der Waals surface area contributed by atoms with Crippen LogP contribution in [0.15, 0.2) is 73.1 Å². The van der Waals surface area contributed by atoms with Crippen molar-refractivity contribution in [1.29, 1.82) is 0 Å². The van der Waals surface area contributed by atoms with Crippen LogP contribution in [-0.2, 0) is 17.1 Å². The number of aromatic nitrogens is 2. The van der Waals surface area contributed by atoms with E-state index in [1.165, 1.54) is 11.2 Å². The molecule has 2 unspecified atom stereocenters. The molecule has 14 heteroatoms. The van der Waals surface area contributed by atoms with Crippen molar-refractivity contribution >= 4 is 35.1 Å². The van der Waals surface area contributed by atoms with E-state index in [4.69, 9.17) is 27.9 Å². The van der Waals surface area contributed by atoms with Gasteiger partial charge in [-0.2, -0.15) is 26.3 Å². The summed E-state index contributed by atoms with van der Waals surface area (Å²) >= 11 is 12.0. The van der Waals surface area contributed by atoms with Crippen molar-refractivity contribution in [3.8, 4) is 0 Å². The number of ether oxygens (including phenoxy) is 1. The molecule has 0 fully saturated rings. The fourth-order valence-corrected chi connectivity index (χ4v) is 5.61. The van der Waals surface area contributed by atoms with Gasteiger partial charge in [0.05, 0.1) is 44.3 Å². The molecule has 0 bridgehead atoms. The lowest BCUT2D eigenvalue weighted by atomic mass is 9.87. The van der Waals surface area contributed by atoms with Gasteiger partial charge in [0.1, 0.15) is 12.6 Å². The SMILES string of the molecule is O=C(OCC1c2nc[nH]c2C(c2ccccc2)CN1C(=O)c1cccc(C(F)(F)F)c1Cl)c1cccc(C(F)(F)F)c1Cl. The Morgan fingerprint density at radius 1 is 0.860 bits per heavy atom. The van der Waals surface area contributed by atoms with Crippen molar-refractivity contribution in [2.75, 3.05) is 13.2 Å². The van der Waals surface area contributed by atoms with Gasteiger partial charge in [-0.15, -0.1) is 0 Å². The summed E-state index contributed by atoms with van der Waals surface area (Å²) in [4.78, 5) is 35.3. The highest BCUT2D eigenvalue weighted by Crippen LogP contribution is 2.42. The number of alkyl halides is 6. The topological polar surface area (TPSA) is 75.3 Å². The molecule has 0 spiro atoms. The summed E-state index contributed by atoms with van der Waals surface area (Å²) in [6, 6.07) is 13.5. The van der Waals surface area contributed by atoms with E-state index >= 15 is 0 Å². The lowest BCUT2D eigenvalue weighted by Gasteiger charge is -2.39. The number of H-pyrrole nitrogens is 1. The molecule has 6 nitrogen and oxygen atoms in total. The summed E-state index contributed by atoms with van der Waals surface area (Å²) in [5, 5.41) is -1.67. The lowest BCUT2D eigenvalue weighted by molar-refractivity contribution is -0.138. The van der Waals surface area contributed by atoms with E-state index < -0.39 is 75.1 Å². The molecule has 1 aliphatic heterocycles. The summed E-state index contributed by atoms with van der Waals surface area (Å²) in [5.74, 6) is -2.61. The molecule has 0 saturated carbocycles. The Balaban J connectivity index is 1.53. The highest BCUT2D eigenvalue weighted by atomic mass is 35.5. The number of nitrogens with one attached hydrogen (secondary N) is 1. The fourth-order valence-electron chi connectivity index (χ4n) is 4.98. The quantitative estimate of drug-likeness (QED) is 0.177. The Kier molecular flexibility index (Phi) is 8.19. The minimum absolute atomic E-state index is 0.0862. The summed E-state index contributed by atoms with van der Waals surface area (Å²) in [7, 11) is 0. The molecule has 5 rings (SSSR count). The molecule has 3 aromatic carbocycles. The van der Waals surface area contributed by atoms with Gasteiger partial charge in [0.2, 0.25) is 0 Å². The molecule has 1 aliphatic rings. The number of benzene rings is 3. The number of aromatic amines is 1. The van der Waals surface area contributed by atoms with E-state index in [0.29, 0.717) is 11.8 Å². The first-order chi connectivity index (χ1) is 20.3. The molecule has 43 heavy (non-hydrogen) atoms. The third-order valence-electron chi connectivity index (χ3n) is 7.01. The number of rotatable bonds is 5. The van der Waals surface area contributed by atoms with Gasteiger partial charge in [-0.1, -0.05) is 65.7 Å². The largest absolute Gasteiger partial charge is 0.459 e. The van der Waals surface area contributed by atoms with Gasteiger partial charge in [-0.3, -0.25) is 4.79 Å². The molecule has 2 atom stereocenters. The summed E-state index contributed by atoms with van der Waals surface area (Å²) < 4.78 is 86.1. The Bertz CT molecular complexity index is 1670. The smallest absolute Gasteiger partial charge is 0.417 e. The van der Waals surface area contributed by atoms with E-state index in [9.17, 15) is 35.9 Å². The van der Waals surface area contributed by atoms with Gasteiger partial charge in [-0.05, 0) is 29.8 Å². The number of amides is 1. The van der Waals surface area contributed by atoms with Gasteiger partial charge in [0, 0.05) is 18.2 Å². The van der Waals surface area contributed by atoms with E-state index in [-0.39, 0.29) is 12.2 Å². The monoisotopic (exact) mass is 641 g/mol. The van der Waals surface area contributed by atoms with Crippen LogP contribution in [0.3, 0.4) is 0 Å².